The van der Waals surface area contributed by atoms with E-state index in [9.17, 15) is 0 Å². The molecule has 0 spiro atoms. The summed E-state index contributed by atoms with van der Waals surface area (Å²) >= 11 is 1.65. The van der Waals surface area contributed by atoms with Gasteiger partial charge in [-0.05, 0) is 19.2 Å². The van der Waals surface area contributed by atoms with E-state index in [2.05, 4.69) is 11.2 Å². The summed E-state index contributed by atoms with van der Waals surface area (Å²) in [6, 6.07) is 1.93. The van der Waals surface area contributed by atoms with Crippen molar-refractivity contribution >= 4 is 11.8 Å². The topological polar surface area (TPSA) is 22.1 Å². The molecule has 1 heterocycles. The molecule has 0 saturated heterocycles. The molecule has 0 N–H and O–H groups in total. The zero-order chi connectivity index (χ0) is 8.10. The van der Waals surface area contributed by atoms with Crippen molar-refractivity contribution in [1.29, 1.82) is 0 Å². The van der Waals surface area contributed by atoms with Crippen LogP contribution in [0.5, 0.6) is 5.75 Å². The van der Waals surface area contributed by atoms with Gasteiger partial charge >= 0.3 is 0 Å². The van der Waals surface area contributed by atoms with Gasteiger partial charge in [0.1, 0.15) is 11.9 Å². The second-order valence-corrected chi connectivity index (χ2v) is 2.80. The van der Waals surface area contributed by atoms with E-state index < -0.39 is 0 Å². The molecule has 11 heavy (non-hydrogen) atoms. The van der Waals surface area contributed by atoms with Gasteiger partial charge in [0, 0.05) is 11.1 Å². The molecule has 59 valence electrons. The zero-order valence-corrected chi connectivity index (χ0v) is 7.44. The summed E-state index contributed by atoms with van der Waals surface area (Å²) in [5.74, 6) is 0.722. The van der Waals surface area contributed by atoms with Crippen LogP contribution in [0.2, 0.25) is 0 Å². The van der Waals surface area contributed by atoms with Crippen molar-refractivity contribution in [2.45, 2.75) is 11.8 Å². The monoisotopic (exact) mass is 168 g/mol. The van der Waals surface area contributed by atoms with Gasteiger partial charge in [0.05, 0.1) is 6.61 Å². The minimum absolute atomic E-state index is 0.663. The van der Waals surface area contributed by atoms with E-state index in [4.69, 9.17) is 4.74 Å². The standard InChI is InChI=1S/C8H10NOS/c1-3-10-7-4-8(11-2)6-9-5-7/h4,6H,3H2,1-2H3. The van der Waals surface area contributed by atoms with Gasteiger partial charge in [0.25, 0.3) is 0 Å². The van der Waals surface area contributed by atoms with Crippen molar-refractivity contribution < 1.29 is 4.74 Å². The van der Waals surface area contributed by atoms with Crippen LogP contribution in [0.1, 0.15) is 6.92 Å². The van der Waals surface area contributed by atoms with Crippen molar-refractivity contribution in [2.75, 3.05) is 12.9 Å². The fourth-order valence-corrected chi connectivity index (χ4v) is 1.08. The third-order valence-corrected chi connectivity index (χ3v) is 1.87. The summed E-state index contributed by atoms with van der Waals surface area (Å²) < 4.78 is 5.22. The van der Waals surface area contributed by atoms with Gasteiger partial charge in [-0.1, -0.05) is 0 Å². The van der Waals surface area contributed by atoms with E-state index in [1.165, 1.54) is 0 Å². The first-order valence-electron chi connectivity index (χ1n) is 3.41. The number of nitrogens with zero attached hydrogens (tertiary/aromatic N) is 1. The predicted octanol–water partition coefficient (Wildman–Crippen LogP) is 2.00. The maximum Gasteiger partial charge on any atom is 0.148 e. The van der Waals surface area contributed by atoms with E-state index in [1.807, 2.05) is 19.2 Å². The highest BCUT2D eigenvalue weighted by Gasteiger charge is 1.94. The van der Waals surface area contributed by atoms with Crippen LogP contribution in [-0.4, -0.2) is 17.8 Å². The molecule has 0 aliphatic heterocycles. The molecule has 0 bridgehead atoms. The lowest BCUT2D eigenvalue weighted by Crippen LogP contribution is -1.92. The second-order valence-electron chi connectivity index (χ2n) is 1.92. The first kappa shape index (κ1) is 8.40. The fourth-order valence-electron chi connectivity index (χ4n) is 0.699. The summed E-state index contributed by atoms with van der Waals surface area (Å²) in [5, 5.41) is 0. The highest BCUT2D eigenvalue weighted by molar-refractivity contribution is 7.98. The van der Waals surface area contributed by atoms with Gasteiger partial charge in [0.2, 0.25) is 0 Å². The van der Waals surface area contributed by atoms with Crippen molar-refractivity contribution in [1.82, 2.24) is 4.98 Å². The first-order chi connectivity index (χ1) is 5.36. The van der Waals surface area contributed by atoms with Gasteiger partial charge in [-0.15, -0.1) is 11.8 Å². The van der Waals surface area contributed by atoms with E-state index in [0.717, 1.165) is 10.6 Å². The highest BCUT2D eigenvalue weighted by Crippen LogP contribution is 2.18. The minimum Gasteiger partial charge on any atom is -0.491 e. The molecule has 1 aromatic heterocycles. The van der Waals surface area contributed by atoms with E-state index in [1.54, 1.807) is 18.0 Å². The summed E-state index contributed by atoms with van der Waals surface area (Å²) in [4.78, 5) is 5.01. The summed E-state index contributed by atoms with van der Waals surface area (Å²) in [7, 11) is 0. The SMILES string of the molecule is CCOc1[c]ncc(SC)c1. The lowest BCUT2D eigenvalue weighted by molar-refractivity contribution is 0.337. The molecule has 1 radical (unpaired) electrons. The molecule has 0 aliphatic rings. The quantitative estimate of drug-likeness (QED) is 0.644. The molecule has 1 rings (SSSR count). The third kappa shape index (κ3) is 2.42. The number of rotatable bonds is 3. The smallest absolute Gasteiger partial charge is 0.148 e. The van der Waals surface area contributed by atoms with Crippen LogP contribution in [-0.2, 0) is 0 Å². The molecule has 0 atom stereocenters. The van der Waals surface area contributed by atoms with Gasteiger partial charge in [-0.2, -0.15) is 0 Å². The van der Waals surface area contributed by atoms with Crippen LogP contribution in [0.4, 0.5) is 0 Å². The Kier molecular flexibility index (Phi) is 3.23. The van der Waals surface area contributed by atoms with Crippen LogP contribution >= 0.6 is 11.8 Å². The molecular formula is C8H10NOS. The summed E-state index contributed by atoms with van der Waals surface area (Å²) in [6.45, 7) is 2.61. The number of aromatic nitrogens is 1. The van der Waals surface area contributed by atoms with Gasteiger partial charge in [-0.25, -0.2) is 4.98 Å². The maximum atomic E-state index is 5.22. The average molecular weight is 168 g/mol. The molecule has 0 fully saturated rings. The van der Waals surface area contributed by atoms with Crippen molar-refractivity contribution in [3.05, 3.63) is 18.5 Å². The molecular weight excluding hydrogens is 158 g/mol. The Hall–Kier alpha value is -0.700. The van der Waals surface area contributed by atoms with Crippen LogP contribution < -0.4 is 4.74 Å². The van der Waals surface area contributed by atoms with Crippen LogP contribution in [0, 0.1) is 6.20 Å². The second kappa shape index (κ2) is 4.23. The minimum atomic E-state index is 0.663. The van der Waals surface area contributed by atoms with Crippen molar-refractivity contribution in [2.24, 2.45) is 0 Å². The van der Waals surface area contributed by atoms with E-state index >= 15 is 0 Å². The first-order valence-corrected chi connectivity index (χ1v) is 4.63. The Balaban J connectivity index is 2.74. The number of hydrogen-bond acceptors (Lipinski definition) is 3. The number of ether oxygens (including phenoxy) is 1. The molecule has 0 aromatic carbocycles. The Bertz CT molecular complexity index is 227. The van der Waals surface area contributed by atoms with Crippen LogP contribution in [0.3, 0.4) is 0 Å². The molecule has 0 aliphatic carbocycles. The van der Waals surface area contributed by atoms with Gasteiger partial charge in [0.15, 0.2) is 0 Å². The Morgan fingerprint density at radius 3 is 3.18 bits per heavy atom. The maximum absolute atomic E-state index is 5.22. The van der Waals surface area contributed by atoms with Gasteiger partial charge in [-0.3, -0.25) is 0 Å². The Labute approximate surface area is 71.0 Å². The lowest BCUT2D eigenvalue weighted by Gasteiger charge is -2.01. The van der Waals surface area contributed by atoms with Gasteiger partial charge < -0.3 is 4.74 Å². The van der Waals surface area contributed by atoms with E-state index in [0.29, 0.717) is 6.61 Å². The van der Waals surface area contributed by atoms with E-state index in [-0.39, 0.29) is 0 Å². The number of pyridine rings is 1. The normalized spacial score (nSPS) is 9.64. The Morgan fingerprint density at radius 1 is 1.73 bits per heavy atom. The molecule has 3 heteroatoms. The zero-order valence-electron chi connectivity index (χ0n) is 6.63. The Morgan fingerprint density at radius 2 is 2.55 bits per heavy atom. The lowest BCUT2D eigenvalue weighted by atomic mass is 10.5. The third-order valence-electron chi connectivity index (χ3n) is 1.18. The van der Waals surface area contributed by atoms with Crippen LogP contribution in [0.15, 0.2) is 17.2 Å². The van der Waals surface area contributed by atoms with Crippen molar-refractivity contribution in [3.63, 3.8) is 0 Å². The largest absolute Gasteiger partial charge is 0.491 e. The molecule has 0 amide bonds. The van der Waals surface area contributed by atoms with Crippen molar-refractivity contribution in [3.8, 4) is 5.75 Å². The fraction of sp³-hybridized carbons (Fsp3) is 0.375. The van der Waals surface area contributed by atoms with Crippen LogP contribution in [0.25, 0.3) is 0 Å². The molecule has 1 aromatic rings. The summed E-state index contributed by atoms with van der Waals surface area (Å²) in [5.41, 5.74) is 0. The summed E-state index contributed by atoms with van der Waals surface area (Å²) in [6.07, 6.45) is 6.54. The number of hydrogen-bond donors (Lipinski definition) is 0. The average Bonchev–Trinajstić information content (AvgIpc) is 2.06. The highest BCUT2D eigenvalue weighted by atomic mass is 32.2. The molecule has 2 nitrogen and oxygen atoms in total. The predicted molar refractivity (Wildman–Crippen MR) is 46.0 cm³/mol. The number of thioether (sulfide) groups is 1. The molecule has 0 unspecified atom stereocenters. The molecule has 0 saturated carbocycles.